The second-order valence-electron chi connectivity index (χ2n) is 4.79. The summed E-state index contributed by atoms with van der Waals surface area (Å²) in [5.74, 6) is 0.466. The van der Waals surface area contributed by atoms with Gasteiger partial charge in [0.05, 0.1) is 18.3 Å². The van der Waals surface area contributed by atoms with Gasteiger partial charge in [0.1, 0.15) is 5.82 Å². The number of rotatable bonds is 3. The highest BCUT2D eigenvalue weighted by atomic mass is 16.3. The molecule has 20 heavy (non-hydrogen) atoms. The standard InChI is InChI=1S/C15H16N4O/c1-9-6-14(19-15(18-9)12(16)8-20)11-7-17-13-5-3-2-4-10(11)13/h2-7,12,17,20H,8,16H2,1H3. The average Bonchev–Trinajstić information content (AvgIpc) is 2.89. The van der Waals surface area contributed by atoms with Crippen molar-refractivity contribution in [1.82, 2.24) is 15.0 Å². The zero-order chi connectivity index (χ0) is 14.1. The van der Waals surface area contributed by atoms with Crippen LogP contribution in [-0.4, -0.2) is 26.7 Å². The Balaban J connectivity index is 2.16. The number of H-pyrrole nitrogens is 1. The van der Waals surface area contributed by atoms with Crippen LogP contribution in [-0.2, 0) is 0 Å². The number of aryl methyl sites for hydroxylation is 1. The van der Waals surface area contributed by atoms with Crippen molar-refractivity contribution in [3.63, 3.8) is 0 Å². The van der Waals surface area contributed by atoms with E-state index in [1.54, 1.807) is 0 Å². The van der Waals surface area contributed by atoms with Crippen molar-refractivity contribution in [1.29, 1.82) is 0 Å². The smallest absolute Gasteiger partial charge is 0.148 e. The largest absolute Gasteiger partial charge is 0.394 e. The van der Waals surface area contributed by atoms with Crippen LogP contribution in [0.2, 0.25) is 0 Å². The molecule has 3 aromatic rings. The molecular weight excluding hydrogens is 252 g/mol. The molecule has 0 spiro atoms. The lowest BCUT2D eigenvalue weighted by atomic mass is 10.1. The molecule has 1 unspecified atom stereocenters. The van der Waals surface area contributed by atoms with E-state index in [2.05, 4.69) is 15.0 Å². The third kappa shape index (κ3) is 2.17. The number of nitrogens with two attached hydrogens (primary N) is 1. The van der Waals surface area contributed by atoms with E-state index in [0.29, 0.717) is 5.82 Å². The second kappa shape index (κ2) is 5.03. The lowest BCUT2D eigenvalue weighted by Crippen LogP contribution is -2.18. The molecule has 0 aliphatic carbocycles. The number of aromatic nitrogens is 3. The van der Waals surface area contributed by atoms with Crippen LogP contribution >= 0.6 is 0 Å². The molecule has 0 aliphatic rings. The minimum absolute atomic E-state index is 0.170. The van der Waals surface area contributed by atoms with Crippen LogP contribution in [0.3, 0.4) is 0 Å². The Bertz CT molecular complexity index is 750. The molecule has 0 radical (unpaired) electrons. The predicted octanol–water partition coefficient (Wildman–Crippen LogP) is 1.93. The normalized spacial score (nSPS) is 12.8. The monoisotopic (exact) mass is 268 g/mol. The summed E-state index contributed by atoms with van der Waals surface area (Å²) < 4.78 is 0. The maximum atomic E-state index is 9.16. The van der Waals surface area contributed by atoms with E-state index in [4.69, 9.17) is 10.8 Å². The number of benzene rings is 1. The fraction of sp³-hybridized carbons (Fsp3) is 0.200. The Labute approximate surface area is 116 Å². The predicted molar refractivity (Wildman–Crippen MR) is 78.1 cm³/mol. The SMILES string of the molecule is Cc1cc(-c2c[nH]c3ccccc23)nc(C(N)CO)n1. The molecule has 5 nitrogen and oxygen atoms in total. The summed E-state index contributed by atoms with van der Waals surface area (Å²) in [7, 11) is 0. The molecule has 1 atom stereocenters. The van der Waals surface area contributed by atoms with Crippen LogP contribution in [0.4, 0.5) is 0 Å². The van der Waals surface area contributed by atoms with Crippen LogP contribution < -0.4 is 5.73 Å². The molecule has 1 aromatic carbocycles. The molecule has 0 aliphatic heterocycles. The molecule has 3 rings (SSSR count). The zero-order valence-corrected chi connectivity index (χ0v) is 11.2. The highest BCUT2D eigenvalue weighted by Gasteiger charge is 2.13. The van der Waals surface area contributed by atoms with Crippen molar-refractivity contribution in [3.8, 4) is 11.3 Å². The Hall–Kier alpha value is -2.24. The van der Waals surface area contributed by atoms with Crippen LogP contribution in [0, 0.1) is 6.92 Å². The molecule has 4 N–H and O–H groups in total. The molecule has 0 amide bonds. The maximum absolute atomic E-state index is 9.16. The van der Waals surface area contributed by atoms with Crippen LogP contribution in [0.5, 0.6) is 0 Å². The number of para-hydroxylation sites is 1. The van der Waals surface area contributed by atoms with E-state index in [-0.39, 0.29) is 6.61 Å². The van der Waals surface area contributed by atoms with Gasteiger partial charge in [0.2, 0.25) is 0 Å². The number of hydrogen-bond donors (Lipinski definition) is 3. The van der Waals surface area contributed by atoms with Crippen LogP contribution in [0.15, 0.2) is 36.5 Å². The maximum Gasteiger partial charge on any atom is 0.148 e. The van der Waals surface area contributed by atoms with Gasteiger partial charge in [0.15, 0.2) is 0 Å². The van der Waals surface area contributed by atoms with Crippen LogP contribution in [0.25, 0.3) is 22.2 Å². The van der Waals surface area contributed by atoms with Crippen molar-refractivity contribution in [2.75, 3.05) is 6.61 Å². The summed E-state index contributed by atoms with van der Waals surface area (Å²) in [6, 6.07) is 9.41. The molecule has 102 valence electrons. The first-order chi connectivity index (χ1) is 9.69. The molecule has 0 saturated heterocycles. The Morgan fingerprint density at radius 2 is 2.10 bits per heavy atom. The zero-order valence-electron chi connectivity index (χ0n) is 11.2. The van der Waals surface area contributed by atoms with Crippen molar-refractivity contribution < 1.29 is 5.11 Å². The van der Waals surface area contributed by atoms with E-state index in [1.807, 2.05) is 43.5 Å². The molecule has 5 heteroatoms. The molecule has 2 heterocycles. The number of nitrogens with one attached hydrogen (secondary N) is 1. The van der Waals surface area contributed by atoms with Gasteiger partial charge >= 0.3 is 0 Å². The lowest BCUT2D eigenvalue weighted by Gasteiger charge is -2.09. The number of aromatic amines is 1. The molecule has 0 bridgehead atoms. The fourth-order valence-corrected chi connectivity index (χ4v) is 2.26. The van der Waals surface area contributed by atoms with Crippen molar-refractivity contribution in [2.45, 2.75) is 13.0 Å². The van der Waals surface area contributed by atoms with Gasteiger partial charge in [-0.2, -0.15) is 0 Å². The number of fused-ring (bicyclic) bond motifs is 1. The first-order valence-electron chi connectivity index (χ1n) is 6.47. The third-order valence-electron chi connectivity index (χ3n) is 3.27. The number of aliphatic hydroxyl groups excluding tert-OH is 1. The number of aliphatic hydroxyl groups is 1. The number of nitrogens with zero attached hydrogens (tertiary/aromatic N) is 2. The summed E-state index contributed by atoms with van der Waals surface area (Å²) in [6.45, 7) is 1.73. The Morgan fingerprint density at radius 1 is 1.30 bits per heavy atom. The van der Waals surface area contributed by atoms with E-state index < -0.39 is 6.04 Å². The topological polar surface area (TPSA) is 87.8 Å². The average molecular weight is 268 g/mol. The fourth-order valence-electron chi connectivity index (χ4n) is 2.26. The highest BCUT2D eigenvalue weighted by Crippen LogP contribution is 2.27. The van der Waals surface area contributed by atoms with Crippen molar-refractivity contribution in [2.24, 2.45) is 5.73 Å². The van der Waals surface area contributed by atoms with E-state index in [0.717, 1.165) is 27.9 Å². The third-order valence-corrected chi connectivity index (χ3v) is 3.27. The molecule has 0 saturated carbocycles. The van der Waals surface area contributed by atoms with E-state index in [9.17, 15) is 0 Å². The van der Waals surface area contributed by atoms with E-state index >= 15 is 0 Å². The Morgan fingerprint density at radius 3 is 2.90 bits per heavy atom. The second-order valence-corrected chi connectivity index (χ2v) is 4.79. The van der Waals surface area contributed by atoms with Gasteiger partial charge in [-0.3, -0.25) is 0 Å². The summed E-state index contributed by atoms with van der Waals surface area (Å²) in [5.41, 5.74) is 9.53. The quantitative estimate of drug-likeness (QED) is 0.677. The van der Waals surface area contributed by atoms with Gasteiger partial charge in [-0.15, -0.1) is 0 Å². The van der Waals surface area contributed by atoms with Crippen LogP contribution in [0.1, 0.15) is 17.6 Å². The van der Waals surface area contributed by atoms with Gasteiger partial charge in [-0.05, 0) is 19.1 Å². The van der Waals surface area contributed by atoms with Gasteiger partial charge in [-0.25, -0.2) is 9.97 Å². The first-order valence-corrected chi connectivity index (χ1v) is 6.47. The summed E-state index contributed by atoms with van der Waals surface area (Å²) in [6.07, 6.45) is 1.93. The molecule has 0 fully saturated rings. The summed E-state index contributed by atoms with van der Waals surface area (Å²) in [4.78, 5) is 12.0. The number of hydrogen-bond acceptors (Lipinski definition) is 4. The van der Waals surface area contributed by atoms with Crippen molar-refractivity contribution >= 4 is 10.9 Å². The van der Waals surface area contributed by atoms with Gasteiger partial charge in [-0.1, -0.05) is 18.2 Å². The van der Waals surface area contributed by atoms with Gasteiger partial charge < -0.3 is 15.8 Å². The molecule has 2 aromatic heterocycles. The summed E-state index contributed by atoms with van der Waals surface area (Å²) in [5, 5.41) is 10.3. The van der Waals surface area contributed by atoms with Gasteiger partial charge in [0.25, 0.3) is 0 Å². The lowest BCUT2D eigenvalue weighted by molar-refractivity contribution is 0.263. The minimum atomic E-state index is -0.557. The van der Waals surface area contributed by atoms with Gasteiger partial charge in [0, 0.05) is 28.4 Å². The van der Waals surface area contributed by atoms with E-state index in [1.165, 1.54) is 0 Å². The molecular formula is C15H16N4O. The Kier molecular flexibility index (Phi) is 3.22. The summed E-state index contributed by atoms with van der Waals surface area (Å²) >= 11 is 0. The first kappa shape index (κ1) is 12.8. The minimum Gasteiger partial charge on any atom is -0.394 e. The highest BCUT2D eigenvalue weighted by molar-refractivity contribution is 5.94. The van der Waals surface area contributed by atoms with Crippen molar-refractivity contribution in [3.05, 3.63) is 48.0 Å².